The van der Waals surface area contributed by atoms with Gasteiger partial charge in [0.25, 0.3) is 5.91 Å². The normalized spacial score (nSPS) is 17.1. The predicted octanol–water partition coefficient (Wildman–Crippen LogP) is 4.14. The van der Waals surface area contributed by atoms with E-state index in [0.29, 0.717) is 36.6 Å². The molecule has 3 aromatic carbocycles. The van der Waals surface area contributed by atoms with Gasteiger partial charge in [-0.15, -0.1) is 0 Å². The summed E-state index contributed by atoms with van der Waals surface area (Å²) >= 11 is 0. The summed E-state index contributed by atoms with van der Waals surface area (Å²) in [5.74, 6) is 0.270. The third kappa shape index (κ3) is 6.78. The molecular weight excluding hydrogens is 570 g/mol. The molecule has 1 aliphatic carbocycles. The maximum Gasteiger partial charge on any atom is 0.263 e. The highest BCUT2D eigenvalue weighted by molar-refractivity contribution is 7.89. The van der Waals surface area contributed by atoms with Gasteiger partial charge in [-0.3, -0.25) is 9.59 Å². The van der Waals surface area contributed by atoms with Crippen LogP contribution in [0.15, 0.2) is 77.7 Å². The van der Waals surface area contributed by atoms with Crippen molar-refractivity contribution >= 4 is 27.5 Å². The van der Waals surface area contributed by atoms with Crippen LogP contribution in [0.4, 0.5) is 5.69 Å². The van der Waals surface area contributed by atoms with E-state index in [0.717, 1.165) is 24.8 Å². The summed E-state index contributed by atoms with van der Waals surface area (Å²) < 4.78 is 46.2. The Kier molecular flexibility index (Phi) is 9.52. The number of anilines is 1. The molecule has 11 heteroatoms. The number of sulfonamides is 1. The van der Waals surface area contributed by atoms with Crippen molar-refractivity contribution in [1.29, 1.82) is 0 Å². The first kappa shape index (κ1) is 30.4. The predicted molar refractivity (Wildman–Crippen MR) is 162 cm³/mol. The number of methoxy groups -OCH3 is 2. The first-order chi connectivity index (χ1) is 20.8. The van der Waals surface area contributed by atoms with Crippen LogP contribution in [-0.4, -0.2) is 64.0 Å². The summed E-state index contributed by atoms with van der Waals surface area (Å²) in [6.45, 7) is -0.117. The number of hydrogen-bond donors (Lipinski definition) is 1. The maximum absolute atomic E-state index is 14.1. The van der Waals surface area contributed by atoms with Gasteiger partial charge in [0.15, 0.2) is 17.6 Å². The van der Waals surface area contributed by atoms with Gasteiger partial charge in [-0.1, -0.05) is 61.7 Å². The smallest absolute Gasteiger partial charge is 0.263 e. The average Bonchev–Trinajstić information content (AvgIpc) is 3.05. The lowest BCUT2D eigenvalue weighted by molar-refractivity contribution is -0.128. The SMILES string of the molecule is COc1ccc(S(=O)(=O)N(CC(=O)N2C[C@H](C(=O)NCc3ccccc3)Oc3ccccc32)C2CCCCC2)cc1OC. The van der Waals surface area contributed by atoms with Gasteiger partial charge >= 0.3 is 0 Å². The number of hydrogen-bond acceptors (Lipinski definition) is 7. The second-order valence-corrected chi connectivity index (χ2v) is 12.5. The fourth-order valence-electron chi connectivity index (χ4n) is 5.62. The van der Waals surface area contributed by atoms with Gasteiger partial charge < -0.3 is 24.4 Å². The van der Waals surface area contributed by atoms with Crippen molar-refractivity contribution in [1.82, 2.24) is 9.62 Å². The van der Waals surface area contributed by atoms with Crippen molar-refractivity contribution in [3.8, 4) is 17.2 Å². The van der Waals surface area contributed by atoms with E-state index in [4.69, 9.17) is 14.2 Å². The number of amides is 2. The standard InChI is InChI=1S/C32H37N3O7S/c1-40-28-18-17-25(19-29(28)41-2)43(38,39)35(24-13-7-4-8-14-24)22-31(36)34-21-30(42-27-16-10-9-15-26(27)34)32(37)33-20-23-11-5-3-6-12-23/h3,5-6,9-12,15-19,24,30H,4,7-8,13-14,20-22H2,1-2H3,(H,33,37)/t30-/m1/s1. The fraction of sp³-hybridized carbons (Fsp3) is 0.375. The van der Waals surface area contributed by atoms with Crippen LogP contribution in [0.2, 0.25) is 0 Å². The van der Waals surface area contributed by atoms with Crippen LogP contribution in [0.5, 0.6) is 17.2 Å². The molecule has 2 amide bonds. The zero-order valence-electron chi connectivity index (χ0n) is 24.4. The van der Waals surface area contributed by atoms with Gasteiger partial charge in [-0.2, -0.15) is 4.31 Å². The molecule has 228 valence electrons. The number of carbonyl (C=O) groups excluding carboxylic acids is 2. The molecule has 0 aromatic heterocycles. The number of carbonyl (C=O) groups is 2. The van der Waals surface area contributed by atoms with E-state index in [1.54, 1.807) is 30.3 Å². The van der Waals surface area contributed by atoms with E-state index < -0.39 is 22.0 Å². The summed E-state index contributed by atoms with van der Waals surface area (Å²) in [7, 11) is -1.17. The summed E-state index contributed by atoms with van der Waals surface area (Å²) in [6, 6.07) is 20.6. The van der Waals surface area contributed by atoms with Crippen molar-refractivity contribution in [2.24, 2.45) is 0 Å². The maximum atomic E-state index is 14.1. The van der Waals surface area contributed by atoms with Crippen LogP contribution >= 0.6 is 0 Å². The van der Waals surface area contributed by atoms with E-state index in [2.05, 4.69) is 5.32 Å². The second-order valence-electron chi connectivity index (χ2n) is 10.6. The minimum atomic E-state index is -4.10. The molecule has 1 aliphatic heterocycles. The largest absolute Gasteiger partial charge is 0.493 e. The molecule has 1 heterocycles. The fourth-order valence-corrected chi connectivity index (χ4v) is 7.27. The van der Waals surface area contributed by atoms with E-state index in [1.165, 1.54) is 35.6 Å². The number of benzene rings is 3. The lowest BCUT2D eigenvalue weighted by atomic mass is 9.95. The highest BCUT2D eigenvalue weighted by Gasteiger charge is 2.39. The Bertz CT molecular complexity index is 1540. The Hall–Kier alpha value is -4.09. The van der Waals surface area contributed by atoms with E-state index in [1.807, 2.05) is 30.3 Å². The van der Waals surface area contributed by atoms with Crippen LogP contribution in [-0.2, 0) is 26.2 Å². The summed E-state index contributed by atoms with van der Waals surface area (Å²) in [6.07, 6.45) is 3.12. The van der Waals surface area contributed by atoms with Crippen LogP contribution in [0.3, 0.4) is 0 Å². The topological polar surface area (TPSA) is 114 Å². The molecule has 5 rings (SSSR count). The van der Waals surface area contributed by atoms with Gasteiger partial charge in [0.05, 0.1) is 37.9 Å². The number of rotatable bonds is 10. The first-order valence-electron chi connectivity index (χ1n) is 14.4. The molecule has 0 saturated heterocycles. The summed E-state index contributed by atoms with van der Waals surface area (Å²) in [5, 5.41) is 2.89. The average molecular weight is 608 g/mol. The summed E-state index contributed by atoms with van der Waals surface area (Å²) in [4.78, 5) is 28.7. The van der Waals surface area contributed by atoms with Crippen molar-refractivity contribution < 1.29 is 32.2 Å². The molecule has 10 nitrogen and oxygen atoms in total. The minimum Gasteiger partial charge on any atom is -0.493 e. The zero-order chi connectivity index (χ0) is 30.4. The molecule has 1 fully saturated rings. The van der Waals surface area contributed by atoms with Gasteiger partial charge in [0, 0.05) is 18.7 Å². The molecular formula is C32H37N3O7S. The Labute approximate surface area is 252 Å². The molecule has 0 radical (unpaired) electrons. The number of nitrogens with zero attached hydrogens (tertiary/aromatic N) is 2. The molecule has 2 aliphatic rings. The number of para-hydroxylation sites is 2. The minimum absolute atomic E-state index is 0.0177. The molecule has 1 saturated carbocycles. The highest BCUT2D eigenvalue weighted by atomic mass is 32.2. The zero-order valence-corrected chi connectivity index (χ0v) is 25.2. The van der Waals surface area contributed by atoms with Crippen LogP contribution in [0.25, 0.3) is 0 Å². The number of nitrogens with one attached hydrogen (secondary N) is 1. The lowest BCUT2D eigenvalue weighted by Gasteiger charge is -2.37. The van der Waals surface area contributed by atoms with E-state index in [-0.39, 0.29) is 35.7 Å². The van der Waals surface area contributed by atoms with Gasteiger partial charge in [-0.25, -0.2) is 8.42 Å². The van der Waals surface area contributed by atoms with E-state index in [9.17, 15) is 18.0 Å². The molecule has 0 unspecified atom stereocenters. The van der Waals surface area contributed by atoms with Crippen molar-refractivity contribution in [3.05, 3.63) is 78.4 Å². The number of fused-ring (bicyclic) bond motifs is 1. The van der Waals surface area contributed by atoms with Crippen molar-refractivity contribution in [3.63, 3.8) is 0 Å². The van der Waals surface area contributed by atoms with Crippen molar-refractivity contribution in [2.75, 3.05) is 32.2 Å². The third-order valence-corrected chi connectivity index (χ3v) is 9.81. The molecule has 1 atom stereocenters. The third-order valence-electron chi connectivity index (χ3n) is 7.91. The molecule has 0 spiro atoms. The lowest BCUT2D eigenvalue weighted by Crippen LogP contribution is -2.54. The van der Waals surface area contributed by atoms with Crippen LogP contribution in [0.1, 0.15) is 37.7 Å². The monoisotopic (exact) mass is 607 g/mol. The van der Waals surface area contributed by atoms with Gasteiger partial charge in [0.1, 0.15) is 5.75 Å². The molecule has 43 heavy (non-hydrogen) atoms. The van der Waals surface area contributed by atoms with Crippen LogP contribution < -0.4 is 24.4 Å². The molecule has 3 aromatic rings. The van der Waals surface area contributed by atoms with Crippen LogP contribution in [0, 0.1) is 0 Å². The highest BCUT2D eigenvalue weighted by Crippen LogP contribution is 2.36. The van der Waals surface area contributed by atoms with E-state index >= 15 is 0 Å². The first-order valence-corrected chi connectivity index (χ1v) is 15.9. The summed E-state index contributed by atoms with van der Waals surface area (Å²) in [5.41, 5.74) is 1.43. The quantitative estimate of drug-likeness (QED) is 0.369. The Balaban J connectivity index is 1.41. The molecule has 0 bridgehead atoms. The van der Waals surface area contributed by atoms with Crippen molar-refractivity contribution in [2.45, 2.75) is 55.7 Å². The second kappa shape index (κ2) is 13.5. The number of ether oxygens (including phenoxy) is 3. The van der Waals surface area contributed by atoms with Gasteiger partial charge in [0.2, 0.25) is 15.9 Å². The molecule has 1 N–H and O–H groups in total. The van der Waals surface area contributed by atoms with Gasteiger partial charge in [-0.05, 0) is 42.7 Å². The Morgan fingerprint density at radius 1 is 0.930 bits per heavy atom. The Morgan fingerprint density at radius 2 is 1.63 bits per heavy atom. The Morgan fingerprint density at radius 3 is 2.35 bits per heavy atom.